The summed E-state index contributed by atoms with van der Waals surface area (Å²) < 4.78 is 53.2. The largest absolute Gasteiger partial charge is 0.465 e. The van der Waals surface area contributed by atoms with Crippen molar-refractivity contribution in [2.24, 2.45) is 0 Å². The van der Waals surface area contributed by atoms with Gasteiger partial charge < -0.3 is 35.2 Å². The lowest BCUT2D eigenvalue weighted by molar-refractivity contribution is -0.151. The van der Waals surface area contributed by atoms with Crippen molar-refractivity contribution in [1.82, 2.24) is 19.6 Å². The maximum absolute atomic E-state index is 14.2. The molecule has 12 nitrogen and oxygen atoms in total. The number of anilines is 2. The Labute approximate surface area is 337 Å². The summed E-state index contributed by atoms with van der Waals surface area (Å²) in [6, 6.07) is 9.16. The van der Waals surface area contributed by atoms with Crippen LogP contribution in [0.1, 0.15) is 87.8 Å². The molecule has 312 valence electrons. The summed E-state index contributed by atoms with van der Waals surface area (Å²) >= 11 is 6.14. The summed E-state index contributed by atoms with van der Waals surface area (Å²) in [7, 11) is 0. The number of hydrogen-bond donors (Lipinski definition) is 2. The number of nitrogen functional groups attached to an aromatic ring is 1. The van der Waals surface area contributed by atoms with Crippen molar-refractivity contribution in [3.63, 3.8) is 0 Å². The van der Waals surface area contributed by atoms with Gasteiger partial charge in [0, 0.05) is 56.9 Å². The minimum absolute atomic E-state index is 0.0437. The third-order valence-corrected chi connectivity index (χ3v) is 12.1. The zero-order valence-corrected chi connectivity index (χ0v) is 33.3. The molecule has 0 aromatic heterocycles. The number of carbonyl (C=O) groups excluding carboxylic acids is 4. The molecule has 2 aromatic carbocycles. The van der Waals surface area contributed by atoms with E-state index in [1.807, 2.05) is 24.3 Å². The molecular weight excluding hydrogens is 765 g/mol. The van der Waals surface area contributed by atoms with E-state index in [1.54, 1.807) is 9.80 Å². The number of nitrogens with one attached hydrogen (secondary N) is 1. The molecule has 57 heavy (non-hydrogen) atoms. The number of amides is 4. The minimum atomic E-state index is -4.80. The van der Waals surface area contributed by atoms with Crippen LogP contribution in [0.3, 0.4) is 0 Å². The SMILES string of the molecule is CCCCCCOC(=O)[C@@H]1CCCN1C1CCN(C(=O)[C@@H](Cc2cc(Cl)c(N)c(C(F)(F)F)c2)OC(=O)N2CCC(N3CCc4ccccc4NC3=O)CC2)CC1. The zero-order valence-electron chi connectivity index (χ0n) is 32.5. The molecular formula is C41H54ClF3N6O6. The van der Waals surface area contributed by atoms with Crippen molar-refractivity contribution < 1.29 is 41.8 Å². The van der Waals surface area contributed by atoms with Crippen molar-refractivity contribution in [3.05, 3.63) is 58.1 Å². The Morgan fingerprint density at radius 2 is 1.63 bits per heavy atom. The highest BCUT2D eigenvalue weighted by atomic mass is 35.5. The first-order valence-electron chi connectivity index (χ1n) is 20.3. The zero-order chi connectivity index (χ0) is 40.7. The van der Waals surface area contributed by atoms with Gasteiger partial charge in [0.05, 0.1) is 22.9 Å². The normalized spacial score (nSPS) is 20.5. The van der Waals surface area contributed by atoms with Gasteiger partial charge in [-0.15, -0.1) is 0 Å². The number of hydrogen-bond acceptors (Lipinski definition) is 8. The molecule has 4 aliphatic rings. The van der Waals surface area contributed by atoms with Gasteiger partial charge >= 0.3 is 24.3 Å². The maximum atomic E-state index is 14.2. The number of nitrogens with two attached hydrogens (primary N) is 1. The molecule has 16 heteroatoms. The van der Waals surface area contributed by atoms with Crippen LogP contribution in [0, 0.1) is 0 Å². The van der Waals surface area contributed by atoms with Crippen LogP contribution < -0.4 is 11.1 Å². The summed E-state index contributed by atoms with van der Waals surface area (Å²) in [5, 5.41) is 2.67. The lowest BCUT2D eigenvalue weighted by Gasteiger charge is -2.40. The molecule has 0 saturated carbocycles. The molecule has 4 amide bonds. The molecule has 2 aromatic rings. The van der Waals surface area contributed by atoms with Crippen molar-refractivity contribution in [2.75, 3.05) is 56.9 Å². The maximum Gasteiger partial charge on any atom is 0.418 e. The summed E-state index contributed by atoms with van der Waals surface area (Å²) in [6.07, 6.45) is 1.08. The van der Waals surface area contributed by atoms with E-state index in [9.17, 15) is 32.3 Å². The number of fused-ring (bicyclic) bond motifs is 1. The first kappa shape index (κ1) is 42.4. The van der Waals surface area contributed by atoms with Crippen LogP contribution in [0.15, 0.2) is 36.4 Å². The highest BCUT2D eigenvalue weighted by Gasteiger charge is 2.41. The molecule has 3 N–H and O–H groups in total. The number of ether oxygens (including phenoxy) is 2. The van der Waals surface area contributed by atoms with E-state index in [0.717, 1.165) is 56.0 Å². The van der Waals surface area contributed by atoms with Crippen LogP contribution in [-0.4, -0.2) is 114 Å². The van der Waals surface area contributed by atoms with E-state index in [1.165, 1.54) is 11.0 Å². The Balaban J connectivity index is 1.10. The number of likely N-dealkylation sites (tertiary alicyclic amines) is 3. The third kappa shape index (κ3) is 10.4. The molecule has 0 aliphatic carbocycles. The van der Waals surface area contributed by atoms with Crippen LogP contribution >= 0.6 is 11.6 Å². The number of nitrogens with zero attached hydrogens (tertiary/aromatic N) is 4. The average molecular weight is 819 g/mol. The molecule has 0 radical (unpaired) electrons. The Bertz CT molecular complexity index is 1750. The Hall–Kier alpha value is -4.24. The van der Waals surface area contributed by atoms with Gasteiger partial charge in [-0.25, -0.2) is 9.59 Å². The Morgan fingerprint density at radius 3 is 2.35 bits per heavy atom. The van der Waals surface area contributed by atoms with E-state index in [-0.39, 0.29) is 60.2 Å². The van der Waals surface area contributed by atoms with E-state index < -0.39 is 35.5 Å². The van der Waals surface area contributed by atoms with Crippen LogP contribution in [0.5, 0.6) is 0 Å². The standard InChI is InChI=1S/C41H54ClF3N6O6/c1-2-3-4-7-23-56-38(53)34-11-8-17-50(34)29-13-18-48(19-14-29)37(52)35(26-27-24-31(41(43,44)45)36(46)32(42)25-27)57-40(55)49-20-15-30(16-21-49)51-22-12-28-9-5-6-10-33(28)47-39(51)54/h5-6,9-10,24-25,29-30,34-35H,2-4,7-8,11-23,26,46H2,1H3,(H,47,54)/t34-,35+/m0/s1. The highest BCUT2D eigenvalue weighted by Crippen LogP contribution is 2.38. The smallest absolute Gasteiger partial charge is 0.418 e. The molecule has 0 unspecified atom stereocenters. The number of urea groups is 1. The van der Waals surface area contributed by atoms with Gasteiger partial charge in [0.15, 0.2) is 6.10 Å². The van der Waals surface area contributed by atoms with Crippen LogP contribution in [0.2, 0.25) is 5.02 Å². The first-order chi connectivity index (χ1) is 27.3. The molecule has 2 atom stereocenters. The lowest BCUT2D eigenvalue weighted by atomic mass is 9.99. The van der Waals surface area contributed by atoms with Gasteiger partial charge in [0.2, 0.25) is 0 Å². The van der Waals surface area contributed by atoms with Crippen molar-refractivity contribution >= 4 is 47.0 Å². The molecule has 3 fully saturated rings. The lowest BCUT2D eigenvalue weighted by Crippen LogP contribution is -2.53. The van der Waals surface area contributed by atoms with E-state index in [4.69, 9.17) is 26.8 Å². The number of piperidine rings is 2. The molecule has 4 heterocycles. The van der Waals surface area contributed by atoms with Gasteiger partial charge in [-0.1, -0.05) is 56.0 Å². The number of benzene rings is 2. The molecule has 0 spiro atoms. The quantitative estimate of drug-likeness (QED) is 0.131. The Kier molecular flexibility index (Phi) is 14.1. The predicted molar refractivity (Wildman–Crippen MR) is 210 cm³/mol. The van der Waals surface area contributed by atoms with E-state index >= 15 is 0 Å². The summed E-state index contributed by atoms with van der Waals surface area (Å²) in [5.74, 6) is -0.734. The van der Waals surface area contributed by atoms with Gasteiger partial charge in [-0.2, -0.15) is 13.2 Å². The number of rotatable bonds is 12. The first-order valence-corrected chi connectivity index (χ1v) is 20.7. The molecule has 4 aliphatic heterocycles. The second kappa shape index (κ2) is 19.0. The topological polar surface area (TPSA) is 138 Å². The second-order valence-electron chi connectivity index (χ2n) is 15.5. The van der Waals surface area contributed by atoms with Crippen LogP contribution in [-0.2, 0) is 38.1 Å². The van der Waals surface area contributed by atoms with Crippen molar-refractivity contribution in [3.8, 4) is 0 Å². The van der Waals surface area contributed by atoms with Crippen molar-refractivity contribution in [1.29, 1.82) is 0 Å². The Morgan fingerprint density at radius 1 is 0.930 bits per heavy atom. The fourth-order valence-electron chi connectivity index (χ4n) is 8.61. The number of alkyl halides is 3. The number of halogens is 4. The monoisotopic (exact) mass is 818 g/mol. The number of esters is 1. The van der Waals surface area contributed by atoms with E-state index in [0.29, 0.717) is 64.8 Å². The van der Waals surface area contributed by atoms with Crippen molar-refractivity contribution in [2.45, 2.75) is 114 Å². The number of para-hydroxylation sites is 1. The van der Waals surface area contributed by atoms with Gasteiger partial charge in [0.1, 0.15) is 6.04 Å². The van der Waals surface area contributed by atoms with Gasteiger partial charge in [-0.3, -0.25) is 14.5 Å². The summed E-state index contributed by atoms with van der Waals surface area (Å²) in [4.78, 5) is 61.1. The second-order valence-corrected chi connectivity index (χ2v) is 15.9. The summed E-state index contributed by atoms with van der Waals surface area (Å²) in [6.45, 7) is 4.96. The third-order valence-electron chi connectivity index (χ3n) is 11.8. The highest BCUT2D eigenvalue weighted by molar-refractivity contribution is 6.33. The fraction of sp³-hybridized carbons (Fsp3) is 0.610. The molecule has 3 saturated heterocycles. The summed E-state index contributed by atoms with van der Waals surface area (Å²) in [5.41, 5.74) is 5.80. The van der Waals surface area contributed by atoms with Gasteiger partial charge in [0.25, 0.3) is 5.91 Å². The fourth-order valence-corrected chi connectivity index (χ4v) is 8.85. The van der Waals surface area contributed by atoms with Crippen LogP contribution in [0.25, 0.3) is 0 Å². The molecule has 0 bridgehead atoms. The van der Waals surface area contributed by atoms with Crippen LogP contribution in [0.4, 0.5) is 34.1 Å². The number of unbranched alkanes of at least 4 members (excludes halogenated alkanes) is 3. The molecule has 6 rings (SSSR count). The van der Waals surface area contributed by atoms with Gasteiger partial charge in [-0.05, 0) is 87.2 Å². The average Bonchev–Trinajstić information content (AvgIpc) is 3.63. The minimum Gasteiger partial charge on any atom is -0.465 e. The predicted octanol–water partition coefficient (Wildman–Crippen LogP) is 7.12. The number of carbonyl (C=O) groups is 4. The van der Waals surface area contributed by atoms with E-state index in [2.05, 4.69) is 17.1 Å².